The Hall–Kier alpha value is -1.61. The van der Waals surface area contributed by atoms with Gasteiger partial charge >= 0.3 is 0 Å². The number of rotatable bonds is 12. The lowest BCUT2D eigenvalue weighted by Crippen LogP contribution is -2.27. The highest BCUT2D eigenvalue weighted by atomic mass is 32.2. The van der Waals surface area contributed by atoms with Crippen LogP contribution in [0.4, 0.5) is 0 Å². The first-order chi connectivity index (χ1) is 11.4. The Labute approximate surface area is 146 Å². The van der Waals surface area contributed by atoms with Crippen LogP contribution >= 0.6 is 11.8 Å². The van der Waals surface area contributed by atoms with E-state index in [0.717, 1.165) is 18.8 Å². The van der Waals surface area contributed by atoms with Gasteiger partial charge in [0.1, 0.15) is 5.82 Å². The van der Waals surface area contributed by atoms with E-state index in [4.69, 9.17) is 10.5 Å². The van der Waals surface area contributed by atoms with Crippen LogP contribution in [0.2, 0.25) is 0 Å². The summed E-state index contributed by atoms with van der Waals surface area (Å²) in [4.78, 5) is 22.8. The number of carbonyl (C=O) groups excluding carboxylic acids is 2. The van der Waals surface area contributed by atoms with E-state index in [-0.39, 0.29) is 24.0 Å². The minimum Gasteiger partial charge on any atom is -0.385 e. The first kappa shape index (κ1) is 20.4. The van der Waals surface area contributed by atoms with Gasteiger partial charge in [-0.05, 0) is 12.3 Å². The molecule has 0 aliphatic heterocycles. The average Bonchev–Trinajstić information content (AvgIpc) is 2.89. The van der Waals surface area contributed by atoms with Gasteiger partial charge in [0, 0.05) is 39.6 Å². The Morgan fingerprint density at radius 3 is 2.75 bits per heavy atom. The number of thioether (sulfide) groups is 1. The summed E-state index contributed by atoms with van der Waals surface area (Å²) >= 11 is 1.35. The van der Waals surface area contributed by atoms with Crippen molar-refractivity contribution in [3.05, 3.63) is 5.82 Å². The molecule has 24 heavy (non-hydrogen) atoms. The number of carbonyl (C=O) groups is 2. The number of hydrogen-bond donors (Lipinski definition) is 2. The number of aryl methyl sites for hydroxylation is 1. The molecule has 136 valence electrons. The zero-order chi connectivity index (χ0) is 17.9. The number of primary amides is 1. The standard InChI is InChI=1S/C15H27N5O3S/c1-11(2)9-20-13(6-5-12(16)21)18-19-15(20)24-10-14(22)17-7-4-8-23-3/h11H,4-10H2,1-3H3,(H2,16,21)(H,17,22). The highest BCUT2D eigenvalue weighted by Crippen LogP contribution is 2.19. The van der Waals surface area contributed by atoms with Gasteiger partial charge in [-0.1, -0.05) is 25.6 Å². The predicted molar refractivity (Wildman–Crippen MR) is 92.6 cm³/mol. The van der Waals surface area contributed by atoms with Crippen molar-refractivity contribution in [3.8, 4) is 0 Å². The number of methoxy groups -OCH3 is 1. The van der Waals surface area contributed by atoms with Crippen molar-refractivity contribution in [2.24, 2.45) is 11.7 Å². The van der Waals surface area contributed by atoms with Crippen LogP contribution in [0.15, 0.2) is 5.16 Å². The van der Waals surface area contributed by atoms with Gasteiger partial charge in [0.2, 0.25) is 11.8 Å². The molecule has 0 saturated carbocycles. The number of ether oxygens (including phenoxy) is 1. The van der Waals surface area contributed by atoms with Crippen LogP contribution in [0, 0.1) is 5.92 Å². The lowest BCUT2D eigenvalue weighted by Gasteiger charge is -2.12. The molecule has 0 aliphatic carbocycles. The van der Waals surface area contributed by atoms with Gasteiger partial charge in [-0.25, -0.2) is 0 Å². The quantitative estimate of drug-likeness (QED) is 0.418. The monoisotopic (exact) mass is 357 g/mol. The van der Waals surface area contributed by atoms with E-state index in [1.165, 1.54) is 11.8 Å². The molecule has 0 radical (unpaired) electrons. The second-order valence-corrected chi connectivity index (χ2v) is 6.80. The summed E-state index contributed by atoms with van der Waals surface area (Å²) in [7, 11) is 1.63. The number of hydrogen-bond acceptors (Lipinski definition) is 6. The summed E-state index contributed by atoms with van der Waals surface area (Å²) in [6, 6.07) is 0. The van der Waals surface area contributed by atoms with Crippen molar-refractivity contribution in [1.82, 2.24) is 20.1 Å². The number of amides is 2. The number of aromatic nitrogens is 3. The van der Waals surface area contributed by atoms with Crippen molar-refractivity contribution < 1.29 is 14.3 Å². The molecular formula is C15H27N5O3S. The molecule has 0 saturated heterocycles. The van der Waals surface area contributed by atoms with Crippen molar-refractivity contribution in [2.45, 2.75) is 44.8 Å². The van der Waals surface area contributed by atoms with E-state index in [0.29, 0.717) is 30.6 Å². The molecule has 0 aliphatic rings. The lowest BCUT2D eigenvalue weighted by atomic mass is 10.2. The third-order valence-corrected chi connectivity index (χ3v) is 4.08. The fraction of sp³-hybridized carbons (Fsp3) is 0.733. The normalized spacial score (nSPS) is 11.0. The highest BCUT2D eigenvalue weighted by molar-refractivity contribution is 7.99. The highest BCUT2D eigenvalue weighted by Gasteiger charge is 2.15. The van der Waals surface area contributed by atoms with Gasteiger partial charge in [0.25, 0.3) is 0 Å². The summed E-state index contributed by atoms with van der Waals surface area (Å²) in [6.07, 6.45) is 1.48. The Morgan fingerprint density at radius 1 is 1.38 bits per heavy atom. The fourth-order valence-corrected chi connectivity index (χ4v) is 2.82. The van der Waals surface area contributed by atoms with Crippen molar-refractivity contribution in [1.29, 1.82) is 0 Å². The van der Waals surface area contributed by atoms with E-state index < -0.39 is 0 Å². The SMILES string of the molecule is COCCCNC(=O)CSc1nnc(CCC(N)=O)n1CC(C)C. The number of nitrogens with zero attached hydrogens (tertiary/aromatic N) is 3. The maximum absolute atomic E-state index is 11.8. The zero-order valence-corrected chi connectivity index (χ0v) is 15.4. The molecule has 2 amide bonds. The molecule has 1 aromatic heterocycles. The van der Waals surface area contributed by atoms with Gasteiger partial charge in [-0.2, -0.15) is 0 Å². The van der Waals surface area contributed by atoms with E-state index in [1.807, 2.05) is 4.57 Å². The Morgan fingerprint density at radius 2 is 2.12 bits per heavy atom. The minimum atomic E-state index is -0.362. The van der Waals surface area contributed by atoms with Gasteiger partial charge in [0.15, 0.2) is 5.16 Å². The third kappa shape index (κ3) is 7.78. The van der Waals surface area contributed by atoms with Crippen molar-refractivity contribution in [2.75, 3.05) is 26.0 Å². The van der Waals surface area contributed by atoms with Crippen LogP contribution in [0.5, 0.6) is 0 Å². The average molecular weight is 357 g/mol. The number of nitrogens with one attached hydrogen (secondary N) is 1. The molecule has 0 spiro atoms. The van der Waals surface area contributed by atoms with Crippen molar-refractivity contribution in [3.63, 3.8) is 0 Å². The Bertz CT molecular complexity index is 533. The predicted octanol–water partition coefficient (Wildman–Crippen LogP) is 0.597. The molecule has 0 bridgehead atoms. The molecule has 0 unspecified atom stereocenters. The molecule has 3 N–H and O–H groups in total. The number of nitrogens with two attached hydrogens (primary N) is 1. The topological polar surface area (TPSA) is 112 Å². The largest absolute Gasteiger partial charge is 0.385 e. The van der Waals surface area contributed by atoms with E-state index >= 15 is 0 Å². The molecule has 0 atom stereocenters. The van der Waals surface area contributed by atoms with E-state index in [1.54, 1.807) is 7.11 Å². The summed E-state index contributed by atoms with van der Waals surface area (Å²) in [5, 5.41) is 11.8. The summed E-state index contributed by atoms with van der Waals surface area (Å²) in [6.45, 7) is 6.14. The first-order valence-corrected chi connectivity index (χ1v) is 9.01. The third-order valence-electron chi connectivity index (χ3n) is 3.12. The van der Waals surface area contributed by atoms with Crippen molar-refractivity contribution >= 4 is 23.6 Å². The van der Waals surface area contributed by atoms with E-state index in [9.17, 15) is 9.59 Å². The Kier molecular flexibility index (Phi) is 9.39. The maximum Gasteiger partial charge on any atom is 0.230 e. The Balaban J connectivity index is 2.59. The molecule has 0 aromatic carbocycles. The van der Waals surface area contributed by atoms with Gasteiger partial charge in [-0.3, -0.25) is 9.59 Å². The second kappa shape index (κ2) is 11.0. The summed E-state index contributed by atoms with van der Waals surface area (Å²) < 4.78 is 6.91. The van der Waals surface area contributed by atoms with Crippen LogP contribution in [0.25, 0.3) is 0 Å². The molecule has 1 heterocycles. The summed E-state index contributed by atoms with van der Waals surface area (Å²) in [5.74, 6) is 0.993. The van der Waals surface area contributed by atoms with Crippen LogP contribution in [-0.4, -0.2) is 52.6 Å². The first-order valence-electron chi connectivity index (χ1n) is 8.02. The molecule has 1 aromatic rings. The molecule has 1 rings (SSSR count). The van der Waals surface area contributed by atoms with Crippen LogP contribution in [-0.2, 0) is 27.3 Å². The van der Waals surface area contributed by atoms with E-state index in [2.05, 4.69) is 29.4 Å². The second-order valence-electron chi connectivity index (χ2n) is 5.85. The molecule has 9 heteroatoms. The fourth-order valence-electron chi connectivity index (χ4n) is 2.02. The molecule has 8 nitrogen and oxygen atoms in total. The summed E-state index contributed by atoms with van der Waals surface area (Å²) in [5.41, 5.74) is 5.20. The van der Waals surface area contributed by atoms with Gasteiger partial charge in [-0.15, -0.1) is 10.2 Å². The molecular weight excluding hydrogens is 330 g/mol. The maximum atomic E-state index is 11.8. The smallest absolute Gasteiger partial charge is 0.230 e. The molecule has 0 fully saturated rings. The van der Waals surface area contributed by atoms with Gasteiger partial charge < -0.3 is 20.4 Å². The van der Waals surface area contributed by atoms with Gasteiger partial charge in [0.05, 0.1) is 5.75 Å². The minimum absolute atomic E-state index is 0.0473. The van der Waals surface area contributed by atoms with Crippen LogP contribution in [0.1, 0.15) is 32.5 Å². The zero-order valence-electron chi connectivity index (χ0n) is 14.6. The lowest BCUT2D eigenvalue weighted by molar-refractivity contribution is -0.119. The van der Waals surface area contributed by atoms with Crippen LogP contribution in [0.3, 0.4) is 0 Å². The van der Waals surface area contributed by atoms with Crippen LogP contribution < -0.4 is 11.1 Å².